The third-order valence-corrected chi connectivity index (χ3v) is 3.63. The molecule has 0 saturated heterocycles. The largest absolute Gasteiger partial charge is 0.295 e. The number of allylic oxidation sites excluding steroid dienone is 2. The smallest absolute Gasteiger partial charge is 0.159 e. The van der Waals surface area contributed by atoms with Crippen molar-refractivity contribution in [3.05, 3.63) is 11.6 Å². The number of hydrogen-bond acceptors (Lipinski definition) is 1. The predicted molar refractivity (Wildman–Crippen MR) is 64.7 cm³/mol. The fourth-order valence-electron chi connectivity index (χ4n) is 3.01. The van der Waals surface area contributed by atoms with Crippen LogP contribution in [0.3, 0.4) is 0 Å². The van der Waals surface area contributed by atoms with Crippen LogP contribution in [0.4, 0.5) is 0 Å². The summed E-state index contributed by atoms with van der Waals surface area (Å²) in [6.07, 6.45) is 5.49. The van der Waals surface area contributed by atoms with Crippen LogP contribution in [0.2, 0.25) is 0 Å². The van der Waals surface area contributed by atoms with E-state index in [1.807, 2.05) is 19.9 Å². The van der Waals surface area contributed by atoms with E-state index >= 15 is 0 Å². The molecule has 1 heteroatoms. The van der Waals surface area contributed by atoms with E-state index in [1.165, 1.54) is 19.3 Å². The molecule has 2 atom stereocenters. The Morgan fingerprint density at radius 1 is 1.33 bits per heavy atom. The van der Waals surface area contributed by atoms with Crippen molar-refractivity contribution in [2.45, 2.75) is 53.9 Å². The molecule has 0 aromatic heterocycles. The van der Waals surface area contributed by atoms with E-state index in [4.69, 9.17) is 0 Å². The average Bonchev–Trinajstić information content (AvgIpc) is 1.99. The van der Waals surface area contributed by atoms with Gasteiger partial charge in [0, 0.05) is 5.92 Å². The molecule has 1 nitrogen and oxygen atoms in total. The first-order chi connectivity index (χ1) is 6.84. The molecule has 0 unspecified atom stereocenters. The fraction of sp³-hybridized carbons (Fsp3) is 0.786. The van der Waals surface area contributed by atoms with Crippen molar-refractivity contribution in [2.24, 2.45) is 17.3 Å². The van der Waals surface area contributed by atoms with E-state index in [0.29, 0.717) is 11.7 Å². The maximum atomic E-state index is 12.2. The zero-order valence-corrected chi connectivity index (χ0v) is 10.8. The van der Waals surface area contributed by atoms with Gasteiger partial charge in [0.25, 0.3) is 0 Å². The lowest BCUT2D eigenvalue weighted by Crippen LogP contribution is -2.38. The van der Waals surface area contributed by atoms with Gasteiger partial charge in [-0.05, 0) is 44.1 Å². The van der Waals surface area contributed by atoms with Gasteiger partial charge >= 0.3 is 0 Å². The summed E-state index contributed by atoms with van der Waals surface area (Å²) in [5.74, 6) is 1.10. The summed E-state index contributed by atoms with van der Waals surface area (Å²) in [5, 5.41) is 0. The second-order valence-electron chi connectivity index (χ2n) is 5.96. The molecule has 0 N–H and O–H groups in total. The lowest BCUT2D eigenvalue weighted by Gasteiger charge is -2.41. The van der Waals surface area contributed by atoms with Crippen LogP contribution >= 0.6 is 0 Å². The second-order valence-corrected chi connectivity index (χ2v) is 5.96. The van der Waals surface area contributed by atoms with Crippen molar-refractivity contribution in [2.75, 3.05) is 0 Å². The van der Waals surface area contributed by atoms with Crippen LogP contribution in [0.5, 0.6) is 0 Å². The Morgan fingerprint density at radius 2 is 1.93 bits per heavy atom. The summed E-state index contributed by atoms with van der Waals surface area (Å²) in [6.45, 7) is 10.7. The molecule has 0 amide bonds. The molecule has 1 aliphatic carbocycles. The van der Waals surface area contributed by atoms with Gasteiger partial charge < -0.3 is 0 Å². The minimum Gasteiger partial charge on any atom is -0.295 e. The fourth-order valence-corrected chi connectivity index (χ4v) is 3.01. The first kappa shape index (κ1) is 12.5. The van der Waals surface area contributed by atoms with Crippen LogP contribution in [0, 0.1) is 17.3 Å². The highest BCUT2D eigenvalue weighted by Gasteiger charge is 2.40. The van der Waals surface area contributed by atoms with Gasteiger partial charge in [0.2, 0.25) is 0 Å². The molecule has 1 rings (SSSR count). The Morgan fingerprint density at radius 3 is 2.40 bits per heavy atom. The number of hydrogen-bond donors (Lipinski definition) is 0. The normalized spacial score (nSPS) is 29.7. The maximum absolute atomic E-state index is 12.2. The van der Waals surface area contributed by atoms with Gasteiger partial charge in [-0.1, -0.05) is 32.8 Å². The summed E-state index contributed by atoms with van der Waals surface area (Å²) in [7, 11) is 0. The quantitative estimate of drug-likeness (QED) is 0.627. The van der Waals surface area contributed by atoms with Crippen molar-refractivity contribution >= 4 is 5.78 Å². The van der Waals surface area contributed by atoms with Crippen molar-refractivity contribution in [3.63, 3.8) is 0 Å². The van der Waals surface area contributed by atoms with Crippen LogP contribution in [0.15, 0.2) is 11.6 Å². The molecule has 15 heavy (non-hydrogen) atoms. The van der Waals surface area contributed by atoms with Crippen molar-refractivity contribution in [1.82, 2.24) is 0 Å². The van der Waals surface area contributed by atoms with E-state index in [9.17, 15) is 4.79 Å². The Kier molecular flexibility index (Phi) is 3.75. The molecule has 0 spiro atoms. The van der Waals surface area contributed by atoms with E-state index < -0.39 is 0 Å². The topological polar surface area (TPSA) is 17.1 Å². The SMILES string of the molecule is CC(C)=CC(=O)[C@@H]1[C@@H](C)CCCC1(C)C. The molecule has 0 aromatic rings. The summed E-state index contributed by atoms with van der Waals surface area (Å²) in [4.78, 5) is 12.2. The molecule has 1 aliphatic rings. The van der Waals surface area contributed by atoms with Gasteiger partial charge in [0.15, 0.2) is 5.78 Å². The van der Waals surface area contributed by atoms with E-state index in [2.05, 4.69) is 20.8 Å². The Bertz CT molecular complexity index is 269. The highest BCUT2D eigenvalue weighted by atomic mass is 16.1. The zero-order valence-electron chi connectivity index (χ0n) is 10.8. The summed E-state index contributed by atoms with van der Waals surface area (Å²) >= 11 is 0. The van der Waals surface area contributed by atoms with E-state index in [0.717, 1.165) is 5.57 Å². The van der Waals surface area contributed by atoms with Gasteiger partial charge in [-0.2, -0.15) is 0 Å². The van der Waals surface area contributed by atoms with Crippen molar-refractivity contribution in [1.29, 1.82) is 0 Å². The van der Waals surface area contributed by atoms with E-state index in [-0.39, 0.29) is 11.3 Å². The average molecular weight is 208 g/mol. The molecule has 0 aromatic carbocycles. The van der Waals surface area contributed by atoms with Crippen LogP contribution in [0.25, 0.3) is 0 Å². The first-order valence-corrected chi connectivity index (χ1v) is 6.03. The lowest BCUT2D eigenvalue weighted by atomic mass is 9.62. The third kappa shape index (κ3) is 2.93. The molecule has 0 heterocycles. The minimum atomic E-state index is 0.181. The van der Waals surface area contributed by atoms with E-state index in [1.54, 1.807) is 0 Å². The molecular weight excluding hydrogens is 184 g/mol. The maximum Gasteiger partial charge on any atom is 0.159 e. The monoisotopic (exact) mass is 208 g/mol. The molecular formula is C14H24O. The second kappa shape index (κ2) is 4.51. The highest BCUT2D eigenvalue weighted by Crippen LogP contribution is 2.44. The lowest BCUT2D eigenvalue weighted by molar-refractivity contribution is -0.125. The Balaban J connectivity index is 2.88. The van der Waals surface area contributed by atoms with Gasteiger partial charge in [0.05, 0.1) is 0 Å². The Labute approximate surface area is 93.9 Å². The van der Waals surface area contributed by atoms with Gasteiger partial charge in [-0.25, -0.2) is 0 Å². The van der Waals surface area contributed by atoms with Gasteiger partial charge in [-0.15, -0.1) is 0 Å². The minimum absolute atomic E-state index is 0.181. The number of carbonyl (C=O) groups excluding carboxylic acids is 1. The van der Waals surface area contributed by atoms with Gasteiger partial charge in [0.1, 0.15) is 0 Å². The van der Waals surface area contributed by atoms with Crippen LogP contribution in [-0.2, 0) is 4.79 Å². The molecule has 0 radical (unpaired) electrons. The number of ketones is 1. The highest BCUT2D eigenvalue weighted by molar-refractivity contribution is 5.93. The van der Waals surface area contributed by atoms with Crippen LogP contribution in [0.1, 0.15) is 53.9 Å². The van der Waals surface area contributed by atoms with Crippen LogP contribution in [-0.4, -0.2) is 5.78 Å². The summed E-state index contributed by atoms with van der Waals surface area (Å²) in [5.41, 5.74) is 1.30. The van der Waals surface area contributed by atoms with Gasteiger partial charge in [-0.3, -0.25) is 4.79 Å². The zero-order chi connectivity index (χ0) is 11.6. The van der Waals surface area contributed by atoms with Crippen LogP contribution < -0.4 is 0 Å². The molecule has 1 saturated carbocycles. The molecule has 0 aliphatic heterocycles. The number of carbonyl (C=O) groups is 1. The van der Waals surface area contributed by atoms with Crippen molar-refractivity contribution < 1.29 is 4.79 Å². The Hall–Kier alpha value is -0.590. The summed E-state index contributed by atoms with van der Waals surface area (Å²) in [6, 6.07) is 0. The molecule has 1 fully saturated rings. The standard InChI is InChI=1S/C14H24O/c1-10(2)9-12(15)13-11(3)7-6-8-14(13,4)5/h9,11,13H,6-8H2,1-5H3/t11-,13-/m0/s1. The number of rotatable bonds is 2. The molecule has 0 bridgehead atoms. The predicted octanol–water partition coefficient (Wildman–Crippen LogP) is 3.98. The third-order valence-electron chi connectivity index (χ3n) is 3.63. The summed E-state index contributed by atoms with van der Waals surface area (Å²) < 4.78 is 0. The molecule has 86 valence electrons. The first-order valence-electron chi connectivity index (χ1n) is 6.03. The van der Waals surface area contributed by atoms with Crippen molar-refractivity contribution in [3.8, 4) is 0 Å².